The number of aliphatic carboxylic acids is 1. The van der Waals surface area contributed by atoms with Gasteiger partial charge in [0.1, 0.15) is 6.04 Å². The highest BCUT2D eigenvalue weighted by Crippen LogP contribution is 2.08. The maximum Gasteiger partial charge on any atom is 0.325 e. The second-order valence-electron chi connectivity index (χ2n) is 2.23. The van der Waals surface area contributed by atoms with Crippen molar-refractivity contribution in [2.75, 3.05) is 0 Å². The second-order valence-corrected chi connectivity index (χ2v) is 2.23. The van der Waals surface area contributed by atoms with Gasteiger partial charge in [0.2, 0.25) is 0 Å². The van der Waals surface area contributed by atoms with Crippen LogP contribution in [0, 0.1) is 0 Å². The fourth-order valence-corrected chi connectivity index (χ4v) is 0.803. The standard InChI is InChI=1S/C8H9NO2/c9-7(8(10)11)6-4-2-1-3-5-6/h1-5,7H,9H2,(H,10,11)/t7-/m1/s1/i1+1,2+1,3+1,4+1,5+1,6+1. The minimum absolute atomic E-state index is 0.625. The monoisotopic (exact) mass is 157 g/mol. The van der Waals surface area contributed by atoms with Crippen LogP contribution in [0.1, 0.15) is 11.6 Å². The molecule has 0 unspecified atom stereocenters. The molecule has 1 atom stereocenters. The molecule has 0 saturated heterocycles. The first-order valence-electron chi connectivity index (χ1n) is 3.25. The molecule has 1 rings (SSSR count). The molecule has 0 amide bonds. The summed E-state index contributed by atoms with van der Waals surface area (Å²) >= 11 is 0. The van der Waals surface area contributed by atoms with Crippen LogP contribution in [-0.2, 0) is 4.79 Å². The van der Waals surface area contributed by atoms with Crippen LogP contribution in [0.2, 0.25) is 0 Å². The summed E-state index contributed by atoms with van der Waals surface area (Å²) in [6.45, 7) is 0. The Labute approximate surface area is 64.5 Å². The van der Waals surface area contributed by atoms with Crippen molar-refractivity contribution in [3.8, 4) is 0 Å². The van der Waals surface area contributed by atoms with Crippen LogP contribution in [0.25, 0.3) is 0 Å². The van der Waals surface area contributed by atoms with Crippen LogP contribution in [-0.4, -0.2) is 11.1 Å². The van der Waals surface area contributed by atoms with Crippen LogP contribution in [0.3, 0.4) is 0 Å². The minimum atomic E-state index is -1.00. The molecule has 0 heterocycles. The first-order chi connectivity index (χ1) is 5.22. The quantitative estimate of drug-likeness (QED) is 0.666. The van der Waals surface area contributed by atoms with E-state index >= 15 is 0 Å². The maximum absolute atomic E-state index is 10.4. The van der Waals surface area contributed by atoms with E-state index in [0.717, 1.165) is 0 Å². The van der Waals surface area contributed by atoms with Gasteiger partial charge in [-0.05, 0) is 5.56 Å². The Bertz CT molecular complexity index is 246. The fraction of sp³-hybridized carbons (Fsp3) is 0.125. The van der Waals surface area contributed by atoms with Crippen LogP contribution in [0.4, 0.5) is 0 Å². The summed E-state index contributed by atoms with van der Waals surface area (Å²) in [6.07, 6.45) is 0. The lowest BCUT2D eigenvalue weighted by molar-refractivity contribution is -0.138. The van der Waals surface area contributed by atoms with Gasteiger partial charge in [0.05, 0.1) is 0 Å². The molecule has 1 aromatic rings. The highest BCUT2D eigenvalue weighted by molar-refractivity contribution is 5.75. The lowest BCUT2D eigenvalue weighted by Gasteiger charge is -2.04. The van der Waals surface area contributed by atoms with Crippen molar-refractivity contribution in [1.82, 2.24) is 0 Å². The number of hydrogen-bond donors (Lipinski definition) is 2. The van der Waals surface area contributed by atoms with E-state index in [-0.39, 0.29) is 0 Å². The number of nitrogens with two attached hydrogens (primary N) is 1. The third-order valence-corrected chi connectivity index (χ3v) is 1.42. The Balaban J connectivity index is 2.85. The van der Waals surface area contributed by atoms with Crippen molar-refractivity contribution >= 4 is 5.97 Å². The molecule has 0 bridgehead atoms. The molecular weight excluding hydrogens is 148 g/mol. The summed E-state index contributed by atoms with van der Waals surface area (Å²) in [5, 5.41) is 8.51. The van der Waals surface area contributed by atoms with E-state index in [1.807, 2.05) is 6.07 Å². The topological polar surface area (TPSA) is 63.3 Å². The van der Waals surface area contributed by atoms with Gasteiger partial charge in [-0.1, -0.05) is 30.3 Å². The van der Waals surface area contributed by atoms with Gasteiger partial charge in [-0.15, -0.1) is 0 Å². The molecule has 0 aliphatic carbocycles. The first kappa shape index (κ1) is 7.75. The number of carboxylic acids is 1. The van der Waals surface area contributed by atoms with Crippen molar-refractivity contribution < 1.29 is 9.90 Å². The van der Waals surface area contributed by atoms with E-state index in [1.54, 1.807) is 24.3 Å². The molecule has 0 aliphatic rings. The lowest BCUT2D eigenvalue weighted by atomic mass is 10.4. The number of carbonyl (C=O) groups is 1. The predicted octanol–water partition coefficient (Wildman–Crippen LogP) is 0.771. The Hall–Kier alpha value is -1.35. The van der Waals surface area contributed by atoms with Gasteiger partial charge in [-0.25, -0.2) is 0 Å². The predicted molar refractivity (Wildman–Crippen MR) is 41.0 cm³/mol. The molecule has 1 aromatic carbocycles. The van der Waals surface area contributed by atoms with E-state index in [9.17, 15) is 4.79 Å². The Morgan fingerprint density at radius 1 is 1.36 bits per heavy atom. The van der Waals surface area contributed by atoms with E-state index in [2.05, 4.69) is 0 Å². The van der Waals surface area contributed by atoms with Crippen molar-refractivity contribution in [1.29, 1.82) is 0 Å². The Morgan fingerprint density at radius 2 is 1.91 bits per heavy atom. The molecule has 0 radical (unpaired) electrons. The van der Waals surface area contributed by atoms with Gasteiger partial charge in [0.25, 0.3) is 0 Å². The minimum Gasteiger partial charge on any atom is -0.480 e. The summed E-state index contributed by atoms with van der Waals surface area (Å²) in [7, 11) is 0. The van der Waals surface area contributed by atoms with Gasteiger partial charge < -0.3 is 10.8 Å². The van der Waals surface area contributed by atoms with Crippen LogP contribution < -0.4 is 5.73 Å². The van der Waals surface area contributed by atoms with E-state index in [4.69, 9.17) is 10.8 Å². The summed E-state index contributed by atoms with van der Waals surface area (Å²) in [4.78, 5) is 10.4. The zero-order chi connectivity index (χ0) is 8.27. The van der Waals surface area contributed by atoms with Crippen molar-refractivity contribution in [3.63, 3.8) is 0 Å². The van der Waals surface area contributed by atoms with Gasteiger partial charge in [-0.2, -0.15) is 0 Å². The molecule has 0 spiro atoms. The fourth-order valence-electron chi connectivity index (χ4n) is 0.803. The largest absolute Gasteiger partial charge is 0.480 e. The molecule has 0 aromatic heterocycles. The maximum atomic E-state index is 10.4. The summed E-state index contributed by atoms with van der Waals surface area (Å²) < 4.78 is 0. The average molecular weight is 157 g/mol. The highest BCUT2D eigenvalue weighted by atomic mass is 16.4. The highest BCUT2D eigenvalue weighted by Gasteiger charge is 2.12. The number of rotatable bonds is 2. The summed E-state index contributed by atoms with van der Waals surface area (Å²) in [6, 6.07) is 7.82. The number of hydrogen-bond acceptors (Lipinski definition) is 2. The van der Waals surface area contributed by atoms with Crippen LogP contribution in [0.5, 0.6) is 0 Å². The average Bonchev–Trinajstić information content (AvgIpc) is 2.05. The Kier molecular flexibility index (Phi) is 2.23. The van der Waals surface area contributed by atoms with E-state index < -0.39 is 12.0 Å². The molecule has 0 fully saturated rings. The number of carboxylic acid groups (broad SMARTS) is 1. The smallest absolute Gasteiger partial charge is 0.325 e. The molecule has 3 nitrogen and oxygen atoms in total. The third-order valence-electron chi connectivity index (χ3n) is 1.42. The molecular formula is C8H9NO2. The van der Waals surface area contributed by atoms with E-state index in [0.29, 0.717) is 5.56 Å². The van der Waals surface area contributed by atoms with Crippen LogP contribution >= 0.6 is 0 Å². The van der Waals surface area contributed by atoms with Crippen molar-refractivity contribution in [2.45, 2.75) is 6.04 Å². The number of benzene rings is 1. The van der Waals surface area contributed by atoms with Gasteiger partial charge in [-0.3, -0.25) is 4.79 Å². The van der Waals surface area contributed by atoms with Gasteiger partial charge in [0.15, 0.2) is 0 Å². The molecule has 3 heteroatoms. The van der Waals surface area contributed by atoms with Crippen LogP contribution in [0.15, 0.2) is 30.3 Å². The zero-order valence-corrected chi connectivity index (χ0v) is 5.90. The molecule has 3 N–H and O–H groups in total. The summed E-state index contributed by atoms with van der Waals surface area (Å²) in [5.41, 5.74) is 5.96. The lowest BCUT2D eigenvalue weighted by Crippen LogP contribution is -2.20. The van der Waals surface area contributed by atoms with Crippen molar-refractivity contribution in [2.24, 2.45) is 5.73 Å². The summed E-state index contributed by atoms with van der Waals surface area (Å²) in [5.74, 6) is -1.00. The van der Waals surface area contributed by atoms with Gasteiger partial charge in [0, 0.05) is 0 Å². The normalized spacial score (nSPS) is 12.5. The molecule has 11 heavy (non-hydrogen) atoms. The van der Waals surface area contributed by atoms with Gasteiger partial charge >= 0.3 is 5.97 Å². The van der Waals surface area contributed by atoms with E-state index in [1.165, 1.54) is 0 Å². The van der Waals surface area contributed by atoms with Crippen molar-refractivity contribution in [3.05, 3.63) is 35.9 Å². The zero-order valence-electron chi connectivity index (χ0n) is 5.90. The molecule has 58 valence electrons. The second kappa shape index (κ2) is 3.16. The first-order valence-corrected chi connectivity index (χ1v) is 3.25. The molecule has 0 aliphatic heterocycles. The SMILES string of the molecule is N[C@@H](C(=O)O)[13c]1[13cH][13cH][13cH][13cH][13cH]1. The molecule has 0 saturated carbocycles. The Morgan fingerprint density at radius 3 is 2.36 bits per heavy atom. The third kappa shape index (κ3) is 1.78.